The molecule has 0 aliphatic carbocycles. The van der Waals surface area contributed by atoms with Crippen molar-refractivity contribution in [1.29, 1.82) is 0 Å². The number of aromatic nitrogens is 1. The maximum atomic E-state index is 2.47. The summed E-state index contributed by atoms with van der Waals surface area (Å²) < 4.78 is 2.34. The van der Waals surface area contributed by atoms with E-state index in [1.807, 2.05) is 0 Å². The Morgan fingerprint density at radius 1 is 0.909 bits per heavy atom. The molecule has 0 unspecified atom stereocenters. The van der Waals surface area contributed by atoms with Gasteiger partial charge in [0.05, 0.1) is 5.39 Å². The van der Waals surface area contributed by atoms with Crippen molar-refractivity contribution in [3.8, 4) is 0 Å². The highest BCUT2D eigenvalue weighted by atomic mass is 15.2. The van der Waals surface area contributed by atoms with Crippen LogP contribution in [0.4, 0.5) is 5.69 Å². The summed E-state index contributed by atoms with van der Waals surface area (Å²) >= 11 is 0. The SMILES string of the molecule is CCN1/C(=C/C=C/c2cc[n+](C(C)C)c3ccccc23)C(C)(C)c2c1ccc1ccccc21. The van der Waals surface area contributed by atoms with E-state index in [4.69, 9.17) is 0 Å². The predicted molar refractivity (Wildman–Crippen MR) is 142 cm³/mol. The molecule has 1 aliphatic heterocycles. The number of hydrogen-bond acceptors (Lipinski definition) is 1. The van der Waals surface area contributed by atoms with Crippen molar-refractivity contribution in [3.63, 3.8) is 0 Å². The average molecular weight is 434 g/mol. The normalized spacial score (nSPS) is 16.5. The van der Waals surface area contributed by atoms with Gasteiger partial charge in [-0.1, -0.05) is 68.5 Å². The fourth-order valence-electron chi connectivity index (χ4n) is 5.49. The number of likely N-dealkylation sites (N-methyl/N-ethyl adjacent to an activating group) is 1. The van der Waals surface area contributed by atoms with E-state index in [-0.39, 0.29) is 5.41 Å². The Hall–Kier alpha value is -3.39. The number of allylic oxidation sites excluding steroid dienone is 3. The van der Waals surface area contributed by atoms with E-state index in [1.165, 1.54) is 44.2 Å². The van der Waals surface area contributed by atoms with E-state index < -0.39 is 0 Å². The highest BCUT2D eigenvalue weighted by Gasteiger charge is 2.40. The second-order valence-corrected chi connectivity index (χ2v) is 9.75. The summed E-state index contributed by atoms with van der Waals surface area (Å²) in [4.78, 5) is 2.47. The quantitative estimate of drug-likeness (QED) is 0.301. The monoisotopic (exact) mass is 433 g/mol. The zero-order chi connectivity index (χ0) is 23.2. The van der Waals surface area contributed by atoms with Gasteiger partial charge >= 0.3 is 0 Å². The highest BCUT2D eigenvalue weighted by Crippen LogP contribution is 2.50. The van der Waals surface area contributed by atoms with Crippen molar-refractivity contribution in [2.24, 2.45) is 0 Å². The first-order valence-corrected chi connectivity index (χ1v) is 12.0. The van der Waals surface area contributed by atoms with Crippen molar-refractivity contribution in [2.45, 2.75) is 46.1 Å². The van der Waals surface area contributed by atoms with Crippen molar-refractivity contribution < 1.29 is 4.57 Å². The van der Waals surface area contributed by atoms with Crippen molar-refractivity contribution in [2.75, 3.05) is 11.4 Å². The zero-order valence-electron chi connectivity index (χ0n) is 20.3. The number of fused-ring (bicyclic) bond motifs is 4. The second-order valence-electron chi connectivity index (χ2n) is 9.75. The molecule has 0 spiro atoms. The maximum Gasteiger partial charge on any atom is 0.213 e. The maximum absolute atomic E-state index is 2.47. The summed E-state index contributed by atoms with van der Waals surface area (Å²) in [5.74, 6) is 0. The van der Waals surface area contributed by atoms with Crippen LogP contribution in [-0.2, 0) is 5.41 Å². The molecule has 0 saturated heterocycles. The minimum atomic E-state index is -0.0596. The molecular weight excluding hydrogens is 400 g/mol. The molecule has 1 aromatic heterocycles. The van der Waals surface area contributed by atoms with Gasteiger partial charge in [0.1, 0.15) is 0 Å². The molecule has 0 fully saturated rings. The first-order chi connectivity index (χ1) is 15.9. The number of hydrogen-bond donors (Lipinski definition) is 0. The summed E-state index contributed by atoms with van der Waals surface area (Å²) in [5.41, 5.74) is 6.59. The van der Waals surface area contributed by atoms with Crippen LogP contribution < -0.4 is 9.47 Å². The molecule has 0 radical (unpaired) electrons. The van der Waals surface area contributed by atoms with Gasteiger partial charge < -0.3 is 4.90 Å². The molecule has 2 heteroatoms. The Morgan fingerprint density at radius 3 is 2.39 bits per heavy atom. The van der Waals surface area contributed by atoms with Crippen molar-refractivity contribution in [3.05, 3.63) is 102 Å². The van der Waals surface area contributed by atoms with E-state index in [9.17, 15) is 0 Å². The first kappa shape index (κ1) is 21.5. The van der Waals surface area contributed by atoms with Gasteiger partial charge in [-0.3, -0.25) is 0 Å². The third-order valence-corrected chi connectivity index (χ3v) is 7.06. The number of rotatable bonds is 4. The molecule has 5 rings (SSSR count). The predicted octanol–water partition coefficient (Wildman–Crippen LogP) is 7.58. The molecule has 0 bridgehead atoms. The Balaban J connectivity index is 1.59. The van der Waals surface area contributed by atoms with Crippen molar-refractivity contribution >= 4 is 33.4 Å². The first-order valence-electron chi connectivity index (χ1n) is 12.0. The lowest BCUT2D eigenvalue weighted by atomic mass is 9.81. The smallest absolute Gasteiger partial charge is 0.213 e. The molecule has 1 aliphatic rings. The lowest BCUT2D eigenvalue weighted by molar-refractivity contribution is -0.691. The average Bonchev–Trinajstić information content (AvgIpc) is 3.05. The lowest BCUT2D eigenvalue weighted by Gasteiger charge is -2.26. The van der Waals surface area contributed by atoms with E-state index in [2.05, 4.69) is 135 Å². The number of nitrogens with zero attached hydrogens (tertiary/aromatic N) is 2. The van der Waals surface area contributed by atoms with Crippen LogP contribution in [0, 0.1) is 0 Å². The van der Waals surface area contributed by atoms with Crippen LogP contribution in [0.5, 0.6) is 0 Å². The van der Waals surface area contributed by atoms with Gasteiger partial charge in [0.2, 0.25) is 5.52 Å². The Labute approximate surface area is 197 Å². The third kappa shape index (κ3) is 3.45. The molecule has 3 aromatic carbocycles. The molecular formula is C31H33N2+. The van der Waals surface area contributed by atoms with Gasteiger partial charge in [-0.2, -0.15) is 4.57 Å². The van der Waals surface area contributed by atoms with E-state index in [0.717, 1.165) is 6.54 Å². The minimum absolute atomic E-state index is 0.0596. The molecule has 0 amide bonds. The van der Waals surface area contributed by atoms with Gasteiger partial charge in [0.25, 0.3) is 0 Å². The topological polar surface area (TPSA) is 7.12 Å². The third-order valence-electron chi connectivity index (χ3n) is 7.06. The molecule has 0 atom stereocenters. The molecule has 0 N–H and O–H groups in total. The largest absolute Gasteiger partial charge is 0.344 e. The molecule has 2 heterocycles. The van der Waals surface area contributed by atoms with Crippen LogP contribution in [0.25, 0.3) is 27.8 Å². The van der Waals surface area contributed by atoms with Gasteiger partial charge in [-0.05, 0) is 60.9 Å². The van der Waals surface area contributed by atoms with Gasteiger partial charge in [-0.25, -0.2) is 0 Å². The second kappa shape index (κ2) is 8.19. The van der Waals surface area contributed by atoms with Crippen LogP contribution in [-0.4, -0.2) is 6.54 Å². The van der Waals surface area contributed by atoms with Crippen molar-refractivity contribution in [1.82, 2.24) is 0 Å². The molecule has 2 nitrogen and oxygen atoms in total. The standard InChI is InChI=1S/C31H33N2/c1-6-32-28-19-18-23-12-7-8-15-26(23)30(28)31(4,5)29(32)17-11-13-24-20-21-33(22(2)3)27-16-10-9-14-25(24)27/h7-22H,6H2,1-5H3/q+1. The van der Waals surface area contributed by atoms with Crippen LogP contribution in [0.3, 0.4) is 0 Å². The Bertz CT molecular complexity index is 1410. The van der Waals surface area contributed by atoms with Gasteiger partial charge in [0, 0.05) is 35.5 Å². The summed E-state index contributed by atoms with van der Waals surface area (Å²) in [7, 11) is 0. The highest BCUT2D eigenvalue weighted by molar-refractivity contribution is 5.95. The number of para-hydroxylation sites is 1. The number of benzene rings is 3. The van der Waals surface area contributed by atoms with Gasteiger partial charge in [0.15, 0.2) is 12.2 Å². The van der Waals surface area contributed by atoms with Crippen LogP contribution in [0.2, 0.25) is 0 Å². The zero-order valence-corrected chi connectivity index (χ0v) is 20.3. The van der Waals surface area contributed by atoms with Gasteiger partial charge in [-0.15, -0.1) is 0 Å². The molecule has 0 saturated carbocycles. The Morgan fingerprint density at radius 2 is 1.64 bits per heavy atom. The summed E-state index contributed by atoms with van der Waals surface area (Å²) in [6.07, 6.45) is 9.01. The fourth-order valence-corrected chi connectivity index (χ4v) is 5.49. The fraction of sp³-hybridized carbons (Fsp3) is 0.258. The Kier molecular flexibility index (Phi) is 5.32. The van der Waals surface area contributed by atoms with E-state index in [0.29, 0.717) is 6.04 Å². The number of anilines is 1. The summed E-state index contributed by atoms with van der Waals surface area (Å²) in [6, 6.07) is 24.7. The van der Waals surface area contributed by atoms with Crippen LogP contribution in [0.15, 0.2) is 90.8 Å². The van der Waals surface area contributed by atoms with Crippen LogP contribution in [0.1, 0.15) is 51.8 Å². The minimum Gasteiger partial charge on any atom is -0.344 e. The summed E-state index contributed by atoms with van der Waals surface area (Å²) in [6.45, 7) is 12.4. The number of pyridine rings is 1. The van der Waals surface area contributed by atoms with Crippen LogP contribution >= 0.6 is 0 Å². The molecule has 166 valence electrons. The lowest BCUT2D eigenvalue weighted by Crippen LogP contribution is -2.36. The molecule has 33 heavy (non-hydrogen) atoms. The van der Waals surface area contributed by atoms with E-state index in [1.54, 1.807) is 0 Å². The summed E-state index contributed by atoms with van der Waals surface area (Å²) in [5, 5.41) is 3.96. The van der Waals surface area contributed by atoms with E-state index >= 15 is 0 Å². The molecule has 4 aromatic rings.